The van der Waals surface area contributed by atoms with Crippen molar-refractivity contribution in [1.82, 2.24) is 15.1 Å². The van der Waals surface area contributed by atoms with Gasteiger partial charge in [-0.25, -0.2) is 8.78 Å². The zero-order valence-electron chi connectivity index (χ0n) is 14.7. The number of carbonyl (C=O) groups is 1. The van der Waals surface area contributed by atoms with Crippen molar-refractivity contribution in [3.05, 3.63) is 77.5 Å². The van der Waals surface area contributed by atoms with Gasteiger partial charge in [0.1, 0.15) is 11.6 Å². The van der Waals surface area contributed by atoms with Crippen LogP contribution in [0.15, 0.2) is 54.6 Å². The molecule has 27 heavy (non-hydrogen) atoms. The minimum atomic E-state index is -0.496. The van der Waals surface area contributed by atoms with E-state index in [4.69, 9.17) is 0 Å². The number of benzene rings is 2. The number of piperidine rings is 1. The highest BCUT2D eigenvalue weighted by Crippen LogP contribution is 2.29. The highest BCUT2D eigenvalue weighted by molar-refractivity contribution is 5.94. The van der Waals surface area contributed by atoms with E-state index in [9.17, 15) is 13.6 Å². The van der Waals surface area contributed by atoms with Crippen molar-refractivity contribution in [2.75, 3.05) is 13.1 Å². The Morgan fingerprint density at radius 3 is 2.67 bits per heavy atom. The van der Waals surface area contributed by atoms with Crippen molar-refractivity contribution in [1.29, 1.82) is 0 Å². The minimum absolute atomic E-state index is 0.106. The van der Waals surface area contributed by atoms with Crippen molar-refractivity contribution in [3.8, 4) is 11.3 Å². The second kappa shape index (κ2) is 7.31. The van der Waals surface area contributed by atoms with Gasteiger partial charge >= 0.3 is 0 Å². The van der Waals surface area contributed by atoms with Crippen LogP contribution in [-0.4, -0.2) is 34.1 Å². The monoisotopic (exact) mass is 367 g/mol. The first kappa shape index (κ1) is 17.4. The number of carbonyl (C=O) groups excluding carboxylic acids is 1. The molecule has 138 valence electrons. The lowest BCUT2D eigenvalue weighted by atomic mass is 9.93. The summed E-state index contributed by atoms with van der Waals surface area (Å²) in [6, 6.07) is 14.2. The van der Waals surface area contributed by atoms with E-state index in [1.165, 1.54) is 24.3 Å². The molecule has 1 aromatic heterocycles. The second-order valence-corrected chi connectivity index (χ2v) is 6.79. The average Bonchev–Trinajstić information content (AvgIpc) is 3.19. The van der Waals surface area contributed by atoms with Crippen molar-refractivity contribution in [2.24, 2.45) is 0 Å². The molecule has 1 unspecified atom stereocenters. The quantitative estimate of drug-likeness (QED) is 0.747. The molecular formula is C21H19F2N3O. The number of hydrogen-bond donors (Lipinski definition) is 1. The smallest absolute Gasteiger partial charge is 0.256 e. The Morgan fingerprint density at radius 1 is 1.11 bits per heavy atom. The Kier molecular flexibility index (Phi) is 4.71. The van der Waals surface area contributed by atoms with Gasteiger partial charge in [-0.3, -0.25) is 9.89 Å². The molecule has 2 heterocycles. The van der Waals surface area contributed by atoms with Crippen LogP contribution in [0.4, 0.5) is 8.78 Å². The summed E-state index contributed by atoms with van der Waals surface area (Å²) in [6.45, 7) is 1.13. The Hall–Kier alpha value is -3.02. The third-order valence-electron chi connectivity index (χ3n) is 4.99. The van der Waals surface area contributed by atoms with Crippen LogP contribution < -0.4 is 0 Å². The predicted octanol–water partition coefficient (Wildman–Crippen LogP) is 4.37. The molecule has 1 atom stereocenters. The lowest BCUT2D eigenvalue weighted by Crippen LogP contribution is -2.39. The van der Waals surface area contributed by atoms with E-state index in [1.54, 1.807) is 29.2 Å². The van der Waals surface area contributed by atoms with Crippen LogP contribution in [0.5, 0.6) is 0 Å². The normalized spacial score (nSPS) is 17.1. The summed E-state index contributed by atoms with van der Waals surface area (Å²) < 4.78 is 27.0. The van der Waals surface area contributed by atoms with Gasteiger partial charge in [0.15, 0.2) is 0 Å². The Morgan fingerprint density at radius 2 is 1.89 bits per heavy atom. The molecule has 0 saturated carbocycles. The van der Waals surface area contributed by atoms with Crippen LogP contribution in [0.3, 0.4) is 0 Å². The summed E-state index contributed by atoms with van der Waals surface area (Å²) >= 11 is 0. The molecular weight excluding hydrogens is 348 g/mol. The largest absolute Gasteiger partial charge is 0.338 e. The van der Waals surface area contributed by atoms with E-state index in [-0.39, 0.29) is 23.2 Å². The van der Waals surface area contributed by atoms with Gasteiger partial charge in [0, 0.05) is 30.3 Å². The molecule has 6 heteroatoms. The van der Waals surface area contributed by atoms with E-state index >= 15 is 0 Å². The number of amides is 1. The van der Waals surface area contributed by atoms with Gasteiger partial charge in [0.05, 0.1) is 11.3 Å². The Balaban J connectivity index is 1.51. The summed E-state index contributed by atoms with van der Waals surface area (Å²) in [6.07, 6.45) is 1.77. The van der Waals surface area contributed by atoms with Gasteiger partial charge in [-0.05, 0) is 55.3 Å². The van der Waals surface area contributed by atoms with Crippen LogP contribution in [0.25, 0.3) is 11.3 Å². The molecule has 1 saturated heterocycles. The topological polar surface area (TPSA) is 49.0 Å². The summed E-state index contributed by atoms with van der Waals surface area (Å²) in [5.74, 6) is -0.957. The average molecular weight is 367 g/mol. The number of aromatic amines is 1. The fourth-order valence-electron chi connectivity index (χ4n) is 3.53. The van der Waals surface area contributed by atoms with E-state index in [0.29, 0.717) is 13.1 Å². The van der Waals surface area contributed by atoms with Crippen molar-refractivity contribution < 1.29 is 13.6 Å². The fraction of sp³-hybridized carbons (Fsp3) is 0.238. The molecule has 0 radical (unpaired) electrons. The van der Waals surface area contributed by atoms with Crippen molar-refractivity contribution in [3.63, 3.8) is 0 Å². The number of rotatable bonds is 3. The van der Waals surface area contributed by atoms with E-state index < -0.39 is 5.82 Å². The molecule has 2 aromatic carbocycles. The number of nitrogens with zero attached hydrogens (tertiary/aromatic N) is 2. The van der Waals surface area contributed by atoms with Crippen LogP contribution in [0, 0.1) is 11.6 Å². The molecule has 0 bridgehead atoms. The number of hydrogen-bond acceptors (Lipinski definition) is 2. The van der Waals surface area contributed by atoms with Gasteiger partial charge in [0.25, 0.3) is 5.91 Å². The SMILES string of the molecule is O=C(c1ccccc1F)N1CCCC(c2cc(-c3ccc(F)cc3)n[nH]2)C1. The van der Waals surface area contributed by atoms with Gasteiger partial charge in [-0.15, -0.1) is 0 Å². The van der Waals surface area contributed by atoms with Crippen molar-refractivity contribution >= 4 is 5.91 Å². The zero-order chi connectivity index (χ0) is 18.8. The minimum Gasteiger partial charge on any atom is -0.338 e. The molecule has 3 aromatic rings. The second-order valence-electron chi connectivity index (χ2n) is 6.79. The van der Waals surface area contributed by atoms with Crippen LogP contribution in [0.2, 0.25) is 0 Å². The third-order valence-corrected chi connectivity index (χ3v) is 4.99. The van der Waals surface area contributed by atoms with Crippen LogP contribution >= 0.6 is 0 Å². The van der Waals surface area contributed by atoms with Crippen LogP contribution in [0.1, 0.15) is 34.8 Å². The zero-order valence-corrected chi connectivity index (χ0v) is 14.7. The first-order chi connectivity index (χ1) is 13.1. The van der Waals surface area contributed by atoms with Gasteiger partial charge < -0.3 is 4.90 Å². The third kappa shape index (κ3) is 3.60. The lowest BCUT2D eigenvalue weighted by Gasteiger charge is -2.32. The van der Waals surface area contributed by atoms with Gasteiger partial charge in [-0.1, -0.05) is 12.1 Å². The molecule has 1 aliphatic heterocycles. The lowest BCUT2D eigenvalue weighted by molar-refractivity contribution is 0.0701. The summed E-state index contributed by atoms with van der Waals surface area (Å²) in [5.41, 5.74) is 2.60. The number of H-pyrrole nitrogens is 1. The van der Waals surface area contributed by atoms with E-state index in [1.807, 2.05) is 6.07 Å². The summed E-state index contributed by atoms with van der Waals surface area (Å²) in [7, 11) is 0. The molecule has 1 aliphatic rings. The summed E-state index contributed by atoms with van der Waals surface area (Å²) in [4.78, 5) is 14.4. The summed E-state index contributed by atoms with van der Waals surface area (Å²) in [5, 5.41) is 7.37. The van der Waals surface area contributed by atoms with Crippen molar-refractivity contribution in [2.45, 2.75) is 18.8 Å². The fourth-order valence-corrected chi connectivity index (χ4v) is 3.53. The maximum absolute atomic E-state index is 13.9. The van der Waals surface area contributed by atoms with E-state index in [0.717, 1.165) is 29.8 Å². The molecule has 1 N–H and O–H groups in total. The Bertz CT molecular complexity index is 952. The highest BCUT2D eigenvalue weighted by Gasteiger charge is 2.28. The maximum atomic E-state index is 13.9. The first-order valence-corrected chi connectivity index (χ1v) is 8.97. The number of nitrogens with one attached hydrogen (secondary N) is 1. The Labute approximate surface area is 155 Å². The molecule has 0 aliphatic carbocycles. The number of halogens is 2. The predicted molar refractivity (Wildman–Crippen MR) is 98.3 cm³/mol. The first-order valence-electron chi connectivity index (χ1n) is 8.97. The number of likely N-dealkylation sites (tertiary alicyclic amines) is 1. The molecule has 4 rings (SSSR count). The molecule has 0 spiro atoms. The highest BCUT2D eigenvalue weighted by atomic mass is 19.1. The standard InChI is InChI=1S/C21H19F2N3O/c22-16-9-7-14(8-10-16)19-12-20(25-24-19)15-4-3-11-26(13-15)21(27)17-5-1-2-6-18(17)23/h1-2,5-10,12,15H,3-4,11,13H2,(H,24,25). The van der Waals surface area contributed by atoms with E-state index in [2.05, 4.69) is 10.2 Å². The number of aromatic nitrogens is 2. The van der Waals surface area contributed by atoms with Crippen LogP contribution in [-0.2, 0) is 0 Å². The maximum Gasteiger partial charge on any atom is 0.256 e. The van der Waals surface area contributed by atoms with Gasteiger partial charge in [0.2, 0.25) is 0 Å². The van der Waals surface area contributed by atoms with Gasteiger partial charge in [-0.2, -0.15) is 5.10 Å². The molecule has 4 nitrogen and oxygen atoms in total. The molecule has 1 fully saturated rings. The molecule has 1 amide bonds.